The van der Waals surface area contributed by atoms with Crippen LogP contribution in [0.5, 0.6) is 0 Å². The minimum absolute atomic E-state index is 0.0127. The van der Waals surface area contributed by atoms with Gasteiger partial charge in [-0.1, -0.05) is 44.9 Å². The average Bonchev–Trinajstić information content (AvgIpc) is 3.56. The molecule has 0 aromatic rings. The molecular weight excluding hydrogens is 603 g/mol. The molecule has 3 heterocycles. The predicted octanol–water partition coefficient (Wildman–Crippen LogP) is 5.89. The lowest BCUT2D eigenvalue weighted by molar-refractivity contribution is -0.704. The molecule has 0 aromatic carbocycles. The van der Waals surface area contributed by atoms with Gasteiger partial charge in [-0.3, -0.25) is 5.73 Å². The third kappa shape index (κ3) is 4.18. The molecule has 0 aromatic heterocycles. The molecule has 49 heavy (non-hydrogen) atoms. The lowest BCUT2D eigenvalue weighted by atomic mass is 9.29. The Kier molecular flexibility index (Phi) is 7.35. The van der Waals surface area contributed by atoms with Crippen LogP contribution in [0.1, 0.15) is 142 Å². The molecule has 12 aliphatic rings. The molecule has 5 nitrogen and oxygen atoms in total. The van der Waals surface area contributed by atoms with Crippen LogP contribution in [0.3, 0.4) is 0 Å². The van der Waals surface area contributed by atoms with Crippen LogP contribution in [0, 0.1) is 94.2 Å². The molecule has 7 unspecified atom stereocenters. The molecule has 3 saturated heterocycles. The first kappa shape index (κ1) is 32.2. The zero-order valence-electron chi connectivity index (χ0n) is 31.2. The molecule has 8 N–H and O–H groups in total. The largest absolute Gasteiger partial charge is 0.396 e. The summed E-state index contributed by atoms with van der Waals surface area (Å²) in [7, 11) is 0. The summed E-state index contributed by atoms with van der Waals surface area (Å²) in [5, 5.41) is 13.7. The van der Waals surface area contributed by atoms with Crippen molar-refractivity contribution in [1.82, 2.24) is 0 Å². The van der Waals surface area contributed by atoms with Gasteiger partial charge in [-0.05, 0) is 160 Å². The Morgan fingerprint density at radius 2 is 1.53 bits per heavy atom. The Balaban J connectivity index is 1.11. The topological polar surface area (TPSA) is 99.7 Å². The zero-order valence-corrected chi connectivity index (χ0v) is 31.2. The smallest absolute Gasteiger partial charge is 0.137 e. The second-order valence-corrected chi connectivity index (χ2v) is 21.9. The normalized spacial score (nSPS) is 60.1. The van der Waals surface area contributed by atoms with E-state index in [1.807, 2.05) is 0 Å². The summed E-state index contributed by atoms with van der Waals surface area (Å²) < 4.78 is 8.47. The summed E-state index contributed by atoms with van der Waals surface area (Å²) in [5.41, 5.74) is 12.5. The van der Waals surface area contributed by atoms with Crippen LogP contribution in [-0.2, 0) is 4.74 Å². The van der Waals surface area contributed by atoms with Gasteiger partial charge in [0.05, 0.1) is 24.4 Å². The molecule has 12 fully saturated rings. The molecule has 12 rings (SSSR count). The summed E-state index contributed by atoms with van der Waals surface area (Å²) in [6, 6.07) is 0. The van der Waals surface area contributed by atoms with Crippen LogP contribution in [0.4, 0.5) is 0 Å². The van der Waals surface area contributed by atoms with Gasteiger partial charge in [0.15, 0.2) is 0 Å². The standard InChI is InChI=1S/C44H71N3O2/c1-41(27-9-3-2-4-10-27)40-31-16-14-28(23-48)43(40,46)24-44(49-41)33-21-42(18-5-6-19-42)20-32-35(26-13-17-34(45)47-22-26)29-11-7-8-25-12-15-30(39(31)44)38(36(25)29)37(32)33/h25-40,47-48H,2-24,45-46H2,1H3/p+2/t25?,26?,28-,29?,30?,31+,32-,33+,34?,35-,36?,37+,38?,39-,40+,41-,43+,44+/m0/s1. The van der Waals surface area contributed by atoms with Crippen molar-refractivity contribution in [2.45, 2.75) is 165 Å². The van der Waals surface area contributed by atoms with E-state index < -0.39 is 0 Å². The van der Waals surface area contributed by atoms with Crippen molar-refractivity contribution in [2.75, 3.05) is 13.2 Å². The molecule has 2 spiro atoms. The number of quaternary nitrogens is 2. The SMILES string of the molecule is C[C@@]1(C2CCCCC2)O[C@@]23C[C@@]4([NH3+])[C@H](CO)CC[C@H]([C@@H]2C2CCC5CCCC6C5C2[C@@H]2[C@@H](CC5(CCCC5)C[C@H]23)[C@H]6C2CCC(N)[NH2+]C2)[C@@H]41. The Bertz CT molecular complexity index is 1290. The highest BCUT2D eigenvalue weighted by molar-refractivity contribution is 5.29. The number of rotatable bonds is 3. The van der Waals surface area contributed by atoms with Gasteiger partial charge in [-0.15, -0.1) is 0 Å². The first-order chi connectivity index (χ1) is 23.8. The number of piperidine rings is 1. The fraction of sp³-hybridized carbons (Fsp3) is 1.00. The van der Waals surface area contributed by atoms with Gasteiger partial charge < -0.3 is 20.9 Å². The van der Waals surface area contributed by atoms with E-state index >= 15 is 0 Å². The molecule has 0 radical (unpaired) electrons. The predicted molar refractivity (Wildman–Crippen MR) is 191 cm³/mol. The zero-order chi connectivity index (χ0) is 32.9. The third-order valence-electron chi connectivity index (χ3n) is 20.6. The van der Waals surface area contributed by atoms with Crippen molar-refractivity contribution in [3.05, 3.63) is 0 Å². The van der Waals surface area contributed by atoms with E-state index in [1.165, 1.54) is 135 Å². The summed E-state index contributed by atoms with van der Waals surface area (Å²) in [5.74, 6) is 12.2. The maximum atomic E-state index is 11.1. The number of hydrogen-bond acceptors (Lipinski definition) is 3. The van der Waals surface area contributed by atoms with E-state index in [0.717, 1.165) is 71.0 Å². The van der Waals surface area contributed by atoms with Gasteiger partial charge >= 0.3 is 0 Å². The fourth-order valence-corrected chi connectivity index (χ4v) is 19.7. The first-order valence-electron chi connectivity index (χ1n) is 22.6. The number of hydrogen-bond donors (Lipinski definition) is 4. The molecule has 4 bridgehead atoms. The van der Waals surface area contributed by atoms with Crippen molar-refractivity contribution in [2.24, 2.45) is 99.9 Å². The highest BCUT2D eigenvalue weighted by Crippen LogP contribution is 2.80. The van der Waals surface area contributed by atoms with Gasteiger partial charge in [0, 0.05) is 30.6 Å². The minimum Gasteiger partial charge on any atom is -0.396 e. The number of fused-ring (bicyclic) bond motifs is 1. The molecule has 3 aliphatic heterocycles. The summed E-state index contributed by atoms with van der Waals surface area (Å²) in [6.45, 7) is 4.30. The van der Waals surface area contributed by atoms with Gasteiger partial charge in [-0.25, -0.2) is 0 Å². The molecule has 274 valence electrons. The second-order valence-electron chi connectivity index (χ2n) is 21.9. The number of aliphatic hydroxyl groups excluding tert-OH is 1. The van der Waals surface area contributed by atoms with Crippen molar-refractivity contribution in [1.29, 1.82) is 0 Å². The lowest BCUT2D eigenvalue weighted by Crippen LogP contribution is -2.96. The van der Waals surface area contributed by atoms with Crippen LogP contribution in [0.2, 0.25) is 0 Å². The quantitative estimate of drug-likeness (QED) is 0.300. The highest BCUT2D eigenvalue weighted by atomic mass is 16.5. The van der Waals surface area contributed by atoms with Gasteiger partial charge in [0.1, 0.15) is 11.7 Å². The van der Waals surface area contributed by atoms with Gasteiger partial charge in [-0.2, -0.15) is 0 Å². The van der Waals surface area contributed by atoms with E-state index in [0.29, 0.717) is 35.9 Å². The fourth-order valence-electron chi connectivity index (χ4n) is 19.7. The van der Waals surface area contributed by atoms with E-state index in [-0.39, 0.29) is 16.7 Å². The Morgan fingerprint density at radius 3 is 2.31 bits per heavy atom. The number of nitrogens with two attached hydrogens (primary N) is 2. The highest BCUT2D eigenvalue weighted by Gasteiger charge is 2.82. The Hall–Kier alpha value is -0.200. The van der Waals surface area contributed by atoms with Crippen molar-refractivity contribution in [3.8, 4) is 0 Å². The van der Waals surface area contributed by atoms with E-state index in [4.69, 9.17) is 16.2 Å². The van der Waals surface area contributed by atoms with Crippen LogP contribution in [-0.4, -0.2) is 41.2 Å². The lowest BCUT2D eigenvalue weighted by Gasteiger charge is -2.80. The summed E-state index contributed by atoms with van der Waals surface area (Å²) in [6.07, 6.45) is 30.1. The van der Waals surface area contributed by atoms with Crippen molar-refractivity contribution in [3.63, 3.8) is 0 Å². The van der Waals surface area contributed by atoms with E-state index in [1.54, 1.807) is 6.42 Å². The molecular formula is C44H73N3O2+2. The second kappa shape index (κ2) is 11.2. The first-order valence-corrected chi connectivity index (χ1v) is 22.6. The average molecular weight is 676 g/mol. The number of ether oxygens (including phenoxy) is 1. The van der Waals surface area contributed by atoms with Crippen LogP contribution < -0.4 is 16.8 Å². The molecule has 9 saturated carbocycles. The minimum atomic E-state index is -0.0643. The summed E-state index contributed by atoms with van der Waals surface area (Å²) in [4.78, 5) is 0. The number of aliphatic hydroxyl groups is 1. The van der Waals surface area contributed by atoms with Crippen LogP contribution in [0.25, 0.3) is 0 Å². The maximum Gasteiger partial charge on any atom is 0.137 e. The van der Waals surface area contributed by atoms with Gasteiger partial charge in [0.2, 0.25) is 0 Å². The van der Waals surface area contributed by atoms with E-state index in [2.05, 4.69) is 12.2 Å². The Labute approximate surface area is 298 Å². The van der Waals surface area contributed by atoms with Gasteiger partial charge in [0.25, 0.3) is 0 Å². The molecule has 18 atom stereocenters. The van der Waals surface area contributed by atoms with Crippen molar-refractivity contribution < 1.29 is 20.9 Å². The molecule has 0 amide bonds. The van der Waals surface area contributed by atoms with E-state index in [9.17, 15) is 5.11 Å². The monoisotopic (exact) mass is 676 g/mol. The summed E-state index contributed by atoms with van der Waals surface area (Å²) >= 11 is 0. The van der Waals surface area contributed by atoms with Crippen LogP contribution >= 0.6 is 0 Å². The van der Waals surface area contributed by atoms with Crippen LogP contribution in [0.15, 0.2) is 0 Å². The van der Waals surface area contributed by atoms with Crippen molar-refractivity contribution >= 4 is 0 Å². The molecule has 9 aliphatic carbocycles. The molecule has 5 heteroatoms. The third-order valence-corrected chi connectivity index (χ3v) is 20.6. The maximum absolute atomic E-state index is 11.1. The Morgan fingerprint density at radius 1 is 0.735 bits per heavy atom.